The van der Waals surface area contributed by atoms with Gasteiger partial charge in [0, 0.05) is 44.6 Å². The average molecular weight is 493 g/mol. The van der Waals surface area contributed by atoms with Crippen LogP contribution in [0.1, 0.15) is 41.9 Å². The number of hydrogen-bond acceptors (Lipinski definition) is 3. The summed E-state index contributed by atoms with van der Waals surface area (Å²) in [4.78, 5) is 27.0. The second-order valence-corrected chi connectivity index (χ2v) is 9.49. The first kappa shape index (κ1) is 25.2. The van der Waals surface area contributed by atoms with Crippen molar-refractivity contribution in [3.8, 4) is 0 Å². The fourth-order valence-electron chi connectivity index (χ4n) is 5.52. The molecule has 0 aliphatic carbocycles. The lowest BCUT2D eigenvalue weighted by atomic mass is 9.62. The molecule has 2 fully saturated rings. The number of alkyl halides is 3. The van der Waals surface area contributed by atoms with Crippen LogP contribution in [0.4, 0.5) is 17.6 Å². The van der Waals surface area contributed by atoms with Crippen molar-refractivity contribution in [3.05, 3.63) is 71.0 Å². The van der Waals surface area contributed by atoms with Crippen molar-refractivity contribution in [2.75, 3.05) is 26.7 Å². The number of amides is 2. The molecule has 2 saturated heterocycles. The summed E-state index contributed by atoms with van der Waals surface area (Å²) in [6.45, 7) is 2.20. The van der Waals surface area contributed by atoms with E-state index in [0.717, 1.165) is 18.2 Å². The van der Waals surface area contributed by atoms with Crippen LogP contribution in [0.25, 0.3) is 0 Å². The van der Waals surface area contributed by atoms with Gasteiger partial charge < -0.3 is 15.0 Å². The van der Waals surface area contributed by atoms with E-state index in [9.17, 15) is 27.2 Å². The lowest BCUT2D eigenvalue weighted by Gasteiger charge is -2.50. The number of benzene rings is 2. The second-order valence-electron chi connectivity index (χ2n) is 9.49. The molecular formula is C26H28F4N2O3. The van der Waals surface area contributed by atoms with Gasteiger partial charge in [0.05, 0.1) is 0 Å². The Bertz CT molecular complexity index is 1080. The third-order valence-corrected chi connectivity index (χ3v) is 7.54. The minimum Gasteiger partial charge on any atom is -0.356 e. The molecule has 2 amide bonds. The lowest BCUT2D eigenvalue weighted by molar-refractivity contribution is -0.271. The molecule has 2 aliphatic rings. The van der Waals surface area contributed by atoms with Gasteiger partial charge in [-0.15, -0.1) is 0 Å². The molecule has 9 heteroatoms. The molecule has 4 rings (SSSR count). The van der Waals surface area contributed by atoms with E-state index in [-0.39, 0.29) is 42.7 Å². The molecule has 0 unspecified atom stereocenters. The molecule has 2 aromatic carbocycles. The number of methoxy groups -OCH3 is 1. The van der Waals surface area contributed by atoms with Crippen LogP contribution in [0.2, 0.25) is 0 Å². The molecule has 0 saturated carbocycles. The third kappa shape index (κ3) is 4.42. The Morgan fingerprint density at radius 3 is 2.20 bits per heavy atom. The van der Waals surface area contributed by atoms with Crippen molar-refractivity contribution >= 4 is 11.8 Å². The number of piperidine rings is 2. The number of halogens is 4. The summed E-state index contributed by atoms with van der Waals surface area (Å²) in [6.07, 6.45) is -4.09. The fourth-order valence-corrected chi connectivity index (χ4v) is 5.52. The van der Waals surface area contributed by atoms with Gasteiger partial charge in [0.1, 0.15) is 5.82 Å². The molecule has 2 atom stereocenters. The van der Waals surface area contributed by atoms with Crippen molar-refractivity contribution in [3.63, 3.8) is 0 Å². The van der Waals surface area contributed by atoms with E-state index in [1.807, 2.05) is 0 Å². The van der Waals surface area contributed by atoms with Crippen LogP contribution in [0.5, 0.6) is 0 Å². The Hall–Kier alpha value is -2.94. The molecule has 2 heterocycles. The Morgan fingerprint density at radius 2 is 1.66 bits per heavy atom. The maximum atomic E-state index is 14.4. The Labute approximate surface area is 201 Å². The van der Waals surface area contributed by atoms with Gasteiger partial charge >= 0.3 is 6.18 Å². The van der Waals surface area contributed by atoms with Gasteiger partial charge in [0.15, 0.2) is 0 Å². The average Bonchev–Trinajstić information content (AvgIpc) is 2.81. The summed E-state index contributed by atoms with van der Waals surface area (Å²) < 4.78 is 61.7. The monoisotopic (exact) mass is 492 g/mol. The molecule has 0 bridgehead atoms. The van der Waals surface area contributed by atoms with Crippen molar-refractivity contribution in [2.24, 2.45) is 5.41 Å². The van der Waals surface area contributed by atoms with Gasteiger partial charge in [-0.1, -0.05) is 42.0 Å². The number of rotatable bonds is 4. The summed E-state index contributed by atoms with van der Waals surface area (Å²) in [6, 6.07) is 11.6. The van der Waals surface area contributed by atoms with Gasteiger partial charge in [0.25, 0.3) is 11.5 Å². The second kappa shape index (κ2) is 9.26. The van der Waals surface area contributed by atoms with Crippen molar-refractivity contribution < 1.29 is 31.9 Å². The zero-order valence-electron chi connectivity index (χ0n) is 19.6. The molecule has 2 aromatic rings. The van der Waals surface area contributed by atoms with Crippen molar-refractivity contribution in [1.82, 2.24) is 10.2 Å². The molecule has 0 radical (unpaired) electrons. The quantitative estimate of drug-likeness (QED) is 0.642. The number of ether oxygens (including phenoxy) is 1. The standard InChI is InChI=1S/C26H28F4N2O3/c1-17-3-7-19(8-4-17)25(35-2,26(28,29)30)23(34)32-13-11-24(12-14-32)15-22(33)31-16-21(24)18-5-9-20(27)10-6-18/h3-10,21H,11-16H2,1-2H3,(H,31,33)/t21-,25-/m0/s1. The highest BCUT2D eigenvalue weighted by atomic mass is 19.4. The lowest BCUT2D eigenvalue weighted by Crippen LogP contribution is -2.60. The highest BCUT2D eigenvalue weighted by molar-refractivity contribution is 5.88. The summed E-state index contributed by atoms with van der Waals surface area (Å²) in [5.74, 6) is -1.80. The van der Waals surface area contributed by atoms with Crippen LogP contribution in [0.3, 0.4) is 0 Å². The van der Waals surface area contributed by atoms with Crippen LogP contribution >= 0.6 is 0 Å². The predicted molar refractivity (Wildman–Crippen MR) is 121 cm³/mol. The first-order valence-electron chi connectivity index (χ1n) is 11.5. The van der Waals surface area contributed by atoms with Gasteiger partial charge in [-0.05, 0) is 42.9 Å². The number of carbonyl (C=O) groups is 2. The molecule has 35 heavy (non-hydrogen) atoms. The zero-order chi connectivity index (χ0) is 25.4. The van der Waals surface area contributed by atoms with Crippen molar-refractivity contribution in [1.29, 1.82) is 0 Å². The summed E-state index contributed by atoms with van der Waals surface area (Å²) in [7, 11) is 0.896. The zero-order valence-corrected chi connectivity index (χ0v) is 19.6. The van der Waals surface area contributed by atoms with Crippen LogP contribution in [0.15, 0.2) is 48.5 Å². The van der Waals surface area contributed by atoms with Gasteiger partial charge in [-0.3, -0.25) is 9.59 Å². The van der Waals surface area contributed by atoms with Crippen molar-refractivity contribution in [2.45, 2.75) is 43.9 Å². The SMILES string of the molecule is CO[C@](C(=O)N1CCC2(CC1)CC(=O)NC[C@H]2c1ccc(F)cc1)(c1ccc(C)cc1)C(F)(F)F. The largest absolute Gasteiger partial charge is 0.430 e. The third-order valence-electron chi connectivity index (χ3n) is 7.54. The van der Waals surface area contributed by atoms with E-state index in [1.54, 1.807) is 19.1 Å². The number of likely N-dealkylation sites (tertiary alicyclic amines) is 1. The van der Waals surface area contributed by atoms with E-state index in [0.29, 0.717) is 19.4 Å². The summed E-state index contributed by atoms with van der Waals surface area (Å²) >= 11 is 0. The topological polar surface area (TPSA) is 58.6 Å². The smallest absolute Gasteiger partial charge is 0.356 e. The minimum atomic E-state index is -4.98. The Balaban J connectivity index is 1.62. The molecule has 188 valence electrons. The molecular weight excluding hydrogens is 464 g/mol. The maximum absolute atomic E-state index is 14.4. The predicted octanol–water partition coefficient (Wildman–Crippen LogP) is 4.45. The van der Waals surface area contributed by atoms with E-state index < -0.39 is 23.1 Å². The molecule has 2 aliphatic heterocycles. The van der Waals surface area contributed by atoms with E-state index in [4.69, 9.17) is 4.74 Å². The summed E-state index contributed by atoms with van der Waals surface area (Å²) in [5, 5.41) is 2.85. The van der Waals surface area contributed by atoms with Gasteiger partial charge in [0.2, 0.25) is 5.91 Å². The Morgan fingerprint density at radius 1 is 1.06 bits per heavy atom. The number of nitrogens with one attached hydrogen (secondary N) is 1. The first-order chi connectivity index (χ1) is 16.5. The molecule has 1 spiro atoms. The molecule has 1 N–H and O–H groups in total. The van der Waals surface area contributed by atoms with E-state index in [1.165, 1.54) is 41.3 Å². The van der Waals surface area contributed by atoms with Crippen LogP contribution in [0, 0.1) is 18.2 Å². The number of nitrogens with zero attached hydrogens (tertiary/aromatic N) is 1. The molecule has 0 aromatic heterocycles. The minimum absolute atomic E-state index is 0.0524. The Kier molecular flexibility index (Phi) is 6.66. The maximum Gasteiger partial charge on any atom is 0.430 e. The summed E-state index contributed by atoms with van der Waals surface area (Å²) in [5.41, 5.74) is -2.31. The normalized spacial score (nSPS) is 21.9. The highest BCUT2D eigenvalue weighted by Gasteiger charge is 2.64. The van der Waals surface area contributed by atoms with Gasteiger partial charge in [-0.2, -0.15) is 13.2 Å². The first-order valence-corrected chi connectivity index (χ1v) is 11.5. The van der Waals surface area contributed by atoms with Crippen LogP contribution in [-0.4, -0.2) is 49.6 Å². The molecule has 5 nitrogen and oxygen atoms in total. The van der Waals surface area contributed by atoms with Gasteiger partial charge in [-0.25, -0.2) is 4.39 Å². The number of aryl methyl sites for hydroxylation is 1. The fraction of sp³-hybridized carbons (Fsp3) is 0.462. The van der Waals surface area contributed by atoms with E-state index in [2.05, 4.69) is 5.32 Å². The van der Waals surface area contributed by atoms with Crippen LogP contribution < -0.4 is 5.32 Å². The van der Waals surface area contributed by atoms with Crippen LogP contribution in [-0.2, 0) is 19.9 Å². The number of carbonyl (C=O) groups excluding carboxylic acids is 2. The highest BCUT2D eigenvalue weighted by Crippen LogP contribution is 2.50. The number of hydrogen-bond donors (Lipinski definition) is 1. The van der Waals surface area contributed by atoms with E-state index >= 15 is 0 Å².